The summed E-state index contributed by atoms with van der Waals surface area (Å²) in [4.78, 5) is 32.7. The summed E-state index contributed by atoms with van der Waals surface area (Å²) in [6, 6.07) is 9.26. The predicted octanol–water partition coefficient (Wildman–Crippen LogP) is 0.919. The summed E-state index contributed by atoms with van der Waals surface area (Å²) in [5.41, 5.74) is 4.80. The summed E-state index contributed by atoms with van der Waals surface area (Å²) < 4.78 is 27.5. The van der Waals surface area contributed by atoms with Crippen molar-refractivity contribution in [2.75, 3.05) is 11.3 Å². The molecule has 0 atom stereocenters. The van der Waals surface area contributed by atoms with E-state index in [4.69, 9.17) is 5.73 Å². The van der Waals surface area contributed by atoms with Crippen LogP contribution in [0.1, 0.15) is 15.9 Å². The Morgan fingerprint density at radius 2 is 1.85 bits per heavy atom. The Morgan fingerprint density at radius 1 is 1.19 bits per heavy atom. The molecular weight excluding hydrogens is 376 g/mol. The zero-order valence-corrected chi connectivity index (χ0v) is 14.9. The zero-order valence-electron chi connectivity index (χ0n) is 14.1. The lowest BCUT2D eigenvalue weighted by molar-refractivity contribution is -0.385. The highest BCUT2D eigenvalue weighted by Gasteiger charge is 2.23. The molecule has 0 heterocycles. The van der Waals surface area contributed by atoms with Gasteiger partial charge in [0.2, 0.25) is 5.91 Å². The van der Waals surface area contributed by atoms with Crippen LogP contribution in [0.4, 0.5) is 11.4 Å². The maximum absolute atomic E-state index is 12.6. The number of amides is 2. The van der Waals surface area contributed by atoms with Gasteiger partial charge < -0.3 is 11.1 Å². The molecule has 10 nitrogen and oxygen atoms in total. The molecule has 2 rings (SSSR count). The monoisotopic (exact) mass is 392 g/mol. The van der Waals surface area contributed by atoms with Gasteiger partial charge in [0.1, 0.15) is 0 Å². The van der Waals surface area contributed by atoms with Crippen LogP contribution in [0.3, 0.4) is 0 Å². The maximum atomic E-state index is 12.6. The van der Waals surface area contributed by atoms with E-state index >= 15 is 0 Å². The van der Waals surface area contributed by atoms with Crippen molar-refractivity contribution in [3.63, 3.8) is 0 Å². The van der Waals surface area contributed by atoms with Crippen LogP contribution in [0.15, 0.2) is 47.4 Å². The van der Waals surface area contributed by atoms with Crippen LogP contribution in [-0.2, 0) is 14.8 Å². The van der Waals surface area contributed by atoms with Gasteiger partial charge in [-0.2, -0.15) is 0 Å². The number of primary amides is 1. The lowest BCUT2D eigenvalue weighted by Gasteiger charge is -2.11. The van der Waals surface area contributed by atoms with Crippen molar-refractivity contribution in [1.29, 1.82) is 0 Å². The molecule has 0 unspecified atom stereocenters. The van der Waals surface area contributed by atoms with Crippen LogP contribution in [-0.4, -0.2) is 31.7 Å². The molecule has 0 spiro atoms. The molecule has 0 aromatic heterocycles. The van der Waals surface area contributed by atoms with Crippen molar-refractivity contribution in [1.82, 2.24) is 5.32 Å². The Balaban J connectivity index is 2.30. The first-order chi connectivity index (χ1) is 12.6. The number of benzene rings is 2. The van der Waals surface area contributed by atoms with Gasteiger partial charge in [-0.15, -0.1) is 0 Å². The van der Waals surface area contributed by atoms with Gasteiger partial charge in [0.05, 0.1) is 16.4 Å². The summed E-state index contributed by atoms with van der Waals surface area (Å²) in [6.45, 7) is 0.974. The van der Waals surface area contributed by atoms with Gasteiger partial charge in [-0.3, -0.25) is 24.4 Å². The Labute approximate surface area is 154 Å². The number of nitro groups is 1. The minimum atomic E-state index is -4.13. The third-order valence-electron chi connectivity index (χ3n) is 3.54. The first-order valence-corrected chi connectivity index (χ1v) is 9.03. The molecule has 0 bridgehead atoms. The molecule has 27 heavy (non-hydrogen) atoms. The normalized spacial score (nSPS) is 10.9. The predicted molar refractivity (Wildman–Crippen MR) is 96.6 cm³/mol. The molecule has 142 valence electrons. The van der Waals surface area contributed by atoms with Gasteiger partial charge in [-0.25, -0.2) is 8.42 Å². The second kappa shape index (κ2) is 7.83. The Bertz CT molecular complexity index is 1020. The third kappa shape index (κ3) is 4.79. The molecule has 0 aliphatic rings. The standard InChI is InChI=1S/C16H16N4O6S/c1-10-13(20(23)24)6-3-7-14(10)27(25,26)19-12-5-2-4-11(8-12)16(22)18-9-15(17)21/h2-8,19H,9H2,1H3,(H2,17,21)(H,18,22). The number of anilines is 1. The van der Waals surface area contributed by atoms with Crippen molar-refractivity contribution < 1.29 is 22.9 Å². The topological polar surface area (TPSA) is 162 Å². The maximum Gasteiger partial charge on any atom is 0.273 e. The molecule has 2 aromatic carbocycles. The van der Waals surface area contributed by atoms with E-state index in [0.29, 0.717) is 0 Å². The average Bonchev–Trinajstić information content (AvgIpc) is 2.59. The Morgan fingerprint density at radius 3 is 2.48 bits per heavy atom. The molecule has 0 saturated carbocycles. The molecule has 2 aromatic rings. The fraction of sp³-hybridized carbons (Fsp3) is 0.125. The molecule has 0 aliphatic carbocycles. The summed E-state index contributed by atoms with van der Waals surface area (Å²) in [5, 5.41) is 13.3. The summed E-state index contributed by atoms with van der Waals surface area (Å²) in [7, 11) is -4.13. The number of nitrogens with two attached hydrogens (primary N) is 1. The molecule has 0 radical (unpaired) electrons. The second-order valence-electron chi connectivity index (χ2n) is 5.49. The quantitative estimate of drug-likeness (QED) is 0.469. The number of nitrogens with zero attached hydrogens (tertiary/aromatic N) is 1. The van der Waals surface area contributed by atoms with Crippen LogP contribution in [0.25, 0.3) is 0 Å². The highest BCUT2D eigenvalue weighted by Crippen LogP contribution is 2.26. The van der Waals surface area contributed by atoms with Crippen molar-refractivity contribution in [3.05, 3.63) is 63.7 Å². The number of sulfonamides is 1. The number of nitrogens with one attached hydrogen (secondary N) is 2. The van der Waals surface area contributed by atoms with Crippen LogP contribution < -0.4 is 15.8 Å². The molecule has 2 amide bonds. The van der Waals surface area contributed by atoms with Crippen molar-refractivity contribution >= 4 is 33.2 Å². The van der Waals surface area contributed by atoms with Gasteiger partial charge in [0.25, 0.3) is 21.6 Å². The number of rotatable bonds is 7. The Kier molecular flexibility index (Phi) is 5.75. The van der Waals surface area contributed by atoms with E-state index in [2.05, 4.69) is 10.0 Å². The van der Waals surface area contributed by atoms with E-state index in [-0.39, 0.29) is 33.9 Å². The zero-order chi connectivity index (χ0) is 20.2. The number of nitro benzene ring substituents is 1. The molecule has 0 fully saturated rings. The largest absolute Gasteiger partial charge is 0.368 e. The molecule has 0 saturated heterocycles. The first kappa shape index (κ1) is 19.8. The van der Waals surface area contributed by atoms with Crippen LogP contribution in [0.2, 0.25) is 0 Å². The van der Waals surface area contributed by atoms with E-state index < -0.39 is 26.8 Å². The Hall–Kier alpha value is -3.47. The fourth-order valence-corrected chi connectivity index (χ4v) is 3.61. The third-order valence-corrected chi connectivity index (χ3v) is 5.07. The summed E-state index contributed by atoms with van der Waals surface area (Å²) in [5.74, 6) is -1.33. The molecule has 4 N–H and O–H groups in total. The second-order valence-corrected chi connectivity index (χ2v) is 7.14. The summed E-state index contributed by atoms with van der Waals surface area (Å²) >= 11 is 0. The van der Waals surface area contributed by atoms with Crippen molar-refractivity contribution in [3.8, 4) is 0 Å². The number of carbonyl (C=O) groups excluding carboxylic acids is 2. The smallest absolute Gasteiger partial charge is 0.273 e. The SMILES string of the molecule is Cc1c([N+](=O)[O-])cccc1S(=O)(=O)Nc1cccc(C(=O)NCC(N)=O)c1. The lowest BCUT2D eigenvalue weighted by Crippen LogP contribution is -2.33. The summed E-state index contributed by atoms with van der Waals surface area (Å²) in [6.07, 6.45) is 0. The van der Waals surface area contributed by atoms with E-state index in [1.165, 1.54) is 49.4 Å². The van der Waals surface area contributed by atoms with Crippen LogP contribution >= 0.6 is 0 Å². The van der Waals surface area contributed by atoms with Gasteiger partial charge >= 0.3 is 0 Å². The molecular formula is C16H16N4O6S. The van der Waals surface area contributed by atoms with Crippen LogP contribution in [0, 0.1) is 17.0 Å². The average molecular weight is 392 g/mol. The minimum absolute atomic E-state index is 0.00893. The van der Waals surface area contributed by atoms with Crippen molar-refractivity contribution in [2.24, 2.45) is 5.73 Å². The first-order valence-electron chi connectivity index (χ1n) is 7.55. The van der Waals surface area contributed by atoms with Crippen LogP contribution in [0.5, 0.6) is 0 Å². The molecule has 0 aliphatic heterocycles. The van der Waals surface area contributed by atoms with Gasteiger partial charge in [-0.1, -0.05) is 12.1 Å². The van der Waals surface area contributed by atoms with Crippen molar-refractivity contribution in [2.45, 2.75) is 11.8 Å². The van der Waals surface area contributed by atoms with Gasteiger partial charge in [0.15, 0.2) is 0 Å². The lowest BCUT2D eigenvalue weighted by atomic mass is 10.2. The van der Waals surface area contributed by atoms with E-state index in [1.54, 1.807) is 0 Å². The van der Waals surface area contributed by atoms with E-state index in [0.717, 1.165) is 0 Å². The van der Waals surface area contributed by atoms with Gasteiger partial charge in [-0.05, 0) is 31.2 Å². The fourth-order valence-electron chi connectivity index (χ4n) is 2.30. The number of carbonyl (C=O) groups is 2. The molecule has 11 heteroatoms. The van der Waals surface area contributed by atoms with E-state index in [9.17, 15) is 28.1 Å². The number of hydrogen-bond acceptors (Lipinski definition) is 6. The van der Waals surface area contributed by atoms with E-state index in [1.807, 2.05) is 0 Å². The highest BCUT2D eigenvalue weighted by molar-refractivity contribution is 7.92. The number of hydrogen-bond donors (Lipinski definition) is 3. The highest BCUT2D eigenvalue weighted by atomic mass is 32.2. The van der Waals surface area contributed by atoms with Gasteiger partial charge in [0, 0.05) is 22.9 Å². The minimum Gasteiger partial charge on any atom is -0.368 e.